The second kappa shape index (κ2) is 8.27. The molecule has 2 aromatic rings. The molecule has 0 saturated carbocycles. The van der Waals surface area contributed by atoms with Crippen LogP contribution >= 0.6 is 43.2 Å². The Morgan fingerprint density at radius 3 is 2.71 bits per heavy atom. The first-order valence-electron chi connectivity index (χ1n) is 6.91. The lowest BCUT2D eigenvalue weighted by Crippen LogP contribution is -2.23. The fourth-order valence-corrected chi connectivity index (χ4v) is 4.99. The molecule has 6 heteroatoms. The number of hydrogen-bond acceptors (Lipinski definition) is 4. The lowest BCUT2D eigenvalue weighted by molar-refractivity contribution is 0.338. The molecule has 0 fully saturated rings. The van der Waals surface area contributed by atoms with Crippen molar-refractivity contribution in [3.05, 3.63) is 43.2 Å². The van der Waals surface area contributed by atoms with Crippen molar-refractivity contribution in [3.63, 3.8) is 0 Å². The predicted molar refractivity (Wildman–Crippen MR) is 95.3 cm³/mol. The smallest absolute Gasteiger partial charge is 0.137 e. The molecule has 0 amide bonds. The Balaban J connectivity index is 2.35. The highest BCUT2D eigenvalue weighted by molar-refractivity contribution is 9.12. The summed E-state index contributed by atoms with van der Waals surface area (Å²) < 4.78 is 7.81. The first-order chi connectivity index (χ1) is 10.2. The van der Waals surface area contributed by atoms with E-state index in [-0.39, 0.29) is 6.04 Å². The van der Waals surface area contributed by atoms with Gasteiger partial charge in [0, 0.05) is 6.20 Å². The van der Waals surface area contributed by atoms with E-state index in [0.29, 0.717) is 6.61 Å². The van der Waals surface area contributed by atoms with Gasteiger partial charge in [-0.15, -0.1) is 11.3 Å². The van der Waals surface area contributed by atoms with E-state index >= 15 is 0 Å². The third kappa shape index (κ3) is 4.52. The number of rotatable bonds is 7. The van der Waals surface area contributed by atoms with Crippen molar-refractivity contribution in [1.82, 2.24) is 10.3 Å². The fourth-order valence-electron chi connectivity index (χ4n) is 2.08. The van der Waals surface area contributed by atoms with Crippen molar-refractivity contribution in [2.45, 2.75) is 26.3 Å². The Morgan fingerprint density at radius 1 is 1.29 bits per heavy atom. The minimum Gasteiger partial charge on any atom is -0.492 e. The number of halogens is 2. The van der Waals surface area contributed by atoms with Crippen LogP contribution in [-0.4, -0.2) is 18.1 Å². The number of nitrogens with one attached hydrogen (secondary N) is 1. The van der Waals surface area contributed by atoms with Crippen molar-refractivity contribution >= 4 is 43.2 Å². The van der Waals surface area contributed by atoms with E-state index in [1.165, 1.54) is 5.56 Å². The Morgan fingerprint density at radius 2 is 2.10 bits per heavy atom. The van der Waals surface area contributed by atoms with Crippen LogP contribution in [0.3, 0.4) is 0 Å². The highest BCUT2D eigenvalue weighted by Gasteiger charge is 2.19. The van der Waals surface area contributed by atoms with Crippen LogP contribution in [0.1, 0.15) is 37.4 Å². The summed E-state index contributed by atoms with van der Waals surface area (Å²) in [6.45, 7) is 5.74. The molecule has 3 nitrogen and oxygen atoms in total. The van der Waals surface area contributed by atoms with E-state index in [1.807, 2.05) is 13.1 Å². The number of hydrogen-bond donors (Lipinski definition) is 1. The molecule has 21 heavy (non-hydrogen) atoms. The van der Waals surface area contributed by atoms with E-state index in [0.717, 1.165) is 31.9 Å². The molecular formula is C15H18Br2N2OS. The molecule has 1 unspecified atom stereocenters. The molecule has 0 spiro atoms. The SMILES string of the molecule is CCCNC(c1cncc(OCC)c1)c1cc(Br)sc1Br. The van der Waals surface area contributed by atoms with Crippen LogP contribution in [0, 0.1) is 0 Å². The van der Waals surface area contributed by atoms with Crippen LogP contribution < -0.4 is 10.1 Å². The van der Waals surface area contributed by atoms with Gasteiger partial charge in [-0.05, 0) is 75.0 Å². The minimum atomic E-state index is 0.106. The summed E-state index contributed by atoms with van der Waals surface area (Å²) in [4.78, 5) is 4.31. The lowest BCUT2D eigenvalue weighted by Gasteiger charge is -2.19. The van der Waals surface area contributed by atoms with Crippen molar-refractivity contribution in [3.8, 4) is 5.75 Å². The predicted octanol–water partition coefficient (Wildman–Crippen LogP) is 5.16. The average Bonchev–Trinajstić information content (AvgIpc) is 2.79. The molecule has 0 aliphatic carbocycles. The Hall–Kier alpha value is -0.430. The third-order valence-electron chi connectivity index (χ3n) is 2.97. The molecule has 0 aromatic carbocycles. The number of thiophene rings is 1. The van der Waals surface area contributed by atoms with Gasteiger partial charge in [0.05, 0.1) is 26.4 Å². The molecule has 1 atom stereocenters. The van der Waals surface area contributed by atoms with Gasteiger partial charge in [-0.2, -0.15) is 0 Å². The zero-order valence-corrected chi connectivity index (χ0v) is 16.0. The molecular weight excluding hydrogens is 416 g/mol. The van der Waals surface area contributed by atoms with Gasteiger partial charge in [0.1, 0.15) is 5.75 Å². The standard InChI is InChI=1S/C15H18Br2N2OS/c1-3-5-19-14(12-7-13(16)21-15(12)17)10-6-11(20-4-2)9-18-8-10/h6-9,14,19H,3-5H2,1-2H3. The van der Waals surface area contributed by atoms with Crippen LogP contribution in [0.15, 0.2) is 32.1 Å². The van der Waals surface area contributed by atoms with Crippen molar-refractivity contribution in [1.29, 1.82) is 0 Å². The van der Waals surface area contributed by atoms with Crippen LogP contribution in [0.5, 0.6) is 5.75 Å². The third-order valence-corrected chi connectivity index (χ3v) is 5.36. The first kappa shape index (κ1) is 16.9. The Bertz CT molecular complexity index is 589. The maximum Gasteiger partial charge on any atom is 0.137 e. The number of pyridine rings is 1. The topological polar surface area (TPSA) is 34.2 Å². The molecule has 0 saturated heterocycles. The van der Waals surface area contributed by atoms with Gasteiger partial charge < -0.3 is 10.1 Å². The minimum absolute atomic E-state index is 0.106. The van der Waals surface area contributed by atoms with E-state index in [1.54, 1.807) is 17.5 Å². The summed E-state index contributed by atoms with van der Waals surface area (Å²) in [5.41, 5.74) is 2.33. The molecule has 0 aliphatic rings. The Labute approximate surface area is 146 Å². The van der Waals surface area contributed by atoms with Gasteiger partial charge in [0.2, 0.25) is 0 Å². The highest BCUT2D eigenvalue weighted by Crippen LogP contribution is 2.38. The second-order valence-electron chi connectivity index (χ2n) is 4.55. The van der Waals surface area contributed by atoms with Gasteiger partial charge in [0.25, 0.3) is 0 Å². The van der Waals surface area contributed by atoms with Crippen LogP contribution in [0.4, 0.5) is 0 Å². The molecule has 114 valence electrons. The summed E-state index contributed by atoms with van der Waals surface area (Å²) in [7, 11) is 0. The molecule has 2 rings (SSSR count). The largest absolute Gasteiger partial charge is 0.492 e. The molecule has 2 aromatic heterocycles. The van der Waals surface area contributed by atoms with E-state index in [2.05, 4.69) is 61.2 Å². The van der Waals surface area contributed by atoms with Gasteiger partial charge in [0.15, 0.2) is 0 Å². The molecule has 0 radical (unpaired) electrons. The van der Waals surface area contributed by atoms with Crippen molar-refractivity contribution in [2.24, 2.45) is 0 Å². The zero-order valence-electron chi connectivity index (χ0n) is 12.0. The molecule has 0 aliphatic heterocycles. The van der Waals surface area contributed by atoms with Gasteiger partial charge >= 0.3 is 0 Å². The second-order valence-corrected chi connectivity index (χ2v) is 8.30. The summed E-state index contributed by atoms with van der Waals surface area (Å²) in [6.07, 6.45) is 4.73. The molecule has 2 heterocycles. The van der Waals surface area contributed by atoms with Crippen molar-refractivity contribution < 1.29 is 4.74 Å². The zero-order chi connectivity index (χ0) is 15.2. The summed E-state index contributed by atoms with van der Waals surface area (Å²) in [5.74, 6) is 0.809. The quantitative estimate of drug-likeness (QED) is 0.654. The van der Waals surface area contributed by atoms with E-state index in [4.69, 9.17) is 4.74 Å². The van der Waals surface area contributed by atoms with Gasteiger partial charge in [-0.3, -0.25) is 4.98 Å². The normalized spacial score (nSPS) is 12.4. The van der Waals surface area contributed by atoms with Crippen molar-refractivity contribution in [2.75, 3.05) is 13.2 Å². The molecule has 1 N–H and O–H groups in total. The summed E-state index contributed by atoms with van der Waals surface area (Å²) in [5, 5.41) is 3.59. The van der Waals surface area contributed by atoms with E-state index in [9.17, 15) is 0 Å². The number of nitrogens with zero attached hydrogens (tertiary/aromatic N) is 1. The highest BCUT2D eigenvalue weighted by atomic mass is 79.9. The monoisotopic (exact) mass is 432 g/mol. The van der Waals surface area contributed by atoms with Gasteiger partial charge in [-0.25, -0.2) is 0 Å². The van der Waals surface area contributed by atoms with Crippen LogP contribution in [0.25, 0.3) is 0 Å². The number of aromatic nitrogens is 1. The first-order valence-corrected chi connectivity index (χ1v) is 9.31. The Kier molecular flexibility index (Phi) is 6.67. The van der Waals surface area contributed by atoms with Crippen LogP contribution in [0.2, 0.25) is 0 Å². The molecule has 0 bridgehead atoms. The maximum atomic E-state index is 5.56. The summed E-state index contributed by atoms with van der Waals surface area (Å²) in [6, 6.07) is 4.31. The van der Waals surface area contributed by atoms with Gasteiger partial charge in [-0.1, -0.05) is 6.92 Å². The number of ether oxygens (including phenoxy) is 1. The van der Waals surface area contributed by atoms with Crippen LogP contribution in [-0.2, 0) is 0 Å². The average molecular weight is 434 g/mol. The fraction of sp³-hybridized carbons (Fsp3) is 0.400. The summed E-state index contributed by atoms with van der Waals surface area (Å²) >= 11 is 8.89. The lowest BCUT2D eigenvalue weighted by atomic mass is 10.0. The van der Waals surface area contributed by atoms with E-state index < -0.39 is 0 Å². The maximum absolute atomic E-state index is 5.56.